The number of hydrogen-bond acceptors (Lipinski definition) is 7. The zero-order chi connectivity index (χ0) is 23.4. The van der Waals surface area contributed by atoms with Gasteiger partial charge < -0.3 is 9.47 Å². The quantitative estimate of drug-likeness (QED) is 0.486. The molecule has 2 saturated heterocycles. The first-order chi connectivity index (χ1) is 15.1. The van der Waals surface area contributed by atoms with E-state index in [9.17, 15) is 18.0 Å². The van der Waals surface area contributed by atoms with Crippen LogP contribution in [0.4, 0.5) is 10.5 Å². The van der Waals surface area contributed by atoms with Gasteiger partial charge in [0, 0.05) is 37.0 Å². The van der Waals surface area contributed by atoms with Crippen molar-refractivity contribution in [2.24, 2.45) is 0 Å². The SMILES string of the molecule is CC#Cc1ccc(N2CC(CC(C)(C(=O)NOC3CCCCO3)S(C)(=O)=O)OC2=O)cc1. The van der Waals surface area contributed by atoms with Crippen LogP contribution in [0.5, 0.6) is 0 Å². The van der Waals surface area contributed by atoms with Gasteiger partial charge in [0.1, 0.15) is 6.10 Å². The highest BCUT2D eigenvalue weighted by molar-refractivity contribution is 7.92. The lowest BCUT2D eigenvalue weighted by Gasteiger charge is -2.29. The second-order valence-electron chi connectivity index (χ2n) is 8.09. The second kappa shape index (κ2) is 9.90. The van der Waals surface area contributed by atoms with Crippen molar-refractivity contribution in [2.45, 2.75) is 56.7 Å². The van der Waals surface area contributed by atoms with Crippen molar-refractivity contribution in [2.75, 3.05) is 24.3 Å². The number of carbonyl (C=O) groups excluding carboxylic acids is 2. The van der Waals surface area contributed by atoms with E-state index in [-0.39, 0.29) is 13.0 Å². The minimum absolute atomic E-state index is 0.114. The molecule has 0 spiro atoms. The summed E-state index contributed by atoms with van der Waals surface area (Å²) >= 11 is 0. The number of rotatable bonds is 7. The van der Waals surface area contributed by atoms with E-state index < -0.39 is 39.0 Å². The first-order valence-electron chi connectivity index (χ1n) is 10.4. The number of benzene rings is 1. The number of nitrogens with zero attached hydrogens (tertiary/aromatic N) is 1. The summed E-state index contributed by atoms with van der Waals surface area (Å²) in [7, 11) is -3.87. The number of nitrogens with one attached hydrogen (secondary N) is 1. The molecular formula is C22H28N2O7S. The molecular weight excluding hydrogens is 436 g/mol. The molecule has 3 rings (SSSR count). The van der Waals surface area contributed by atoms with Crippen LogP contribution in [0.1, 0.15) is 45.1 Å². The maximum atomic E-state index is 12.8. The number of hydroxylamine groups is 1. The average Bonchev–Trinajstić information content (AvgIpc) is 3.12. The fraction of sp³-hybridized carbons (Fsp3) is 0.545. The van der Waals surface area contributed by atoms with Gasteiger partial charge >= 0.3 is 6.09 Å². The summed E-state index contributed by atoms with van der Waals surface area (Å²) < 4.78 is 34.0. The highest BCUT2D eigenvalue weighted by atomic mass is 32.2. The van der Waals surface area contributed by atoms with Gasteiger partial charge in [-0.25, -0.2) is 23.5 Å². The highest BCUT2D eigenvalue weighted by Gasteiger charge is 2.48. The summed E-state index contributed by atoms with van der Waals surface area (Å²) in [6, 6.07) is 7.05. The number of hydrogen-bond donors (Lipinski definition) is 1. The van der Waals surface area contributed by atoms with Crippen LogP contribution in [-0.4, -0.2) is 57.0 Å². The minimum atomic E-state index is -3.87. The van der Waals surface area contributed by atoms with E-state index in [1.54, 1.807) is 31.2 Å². The van der Waals surface area contributed by atoms with E-state index in [2.05, 4.69) is 17.3 Å². The summed E-state index contributed by atoms with van der Waals surface area (Å²) in [5.74, 6) is 4.90. The number of amides is 2. The predicted octanol–water partition coefficient (Wildman–Crippen LogP) is 2.15. The van der Waals surface area contributed by atoms with Crippen LogP contribution in [0.25, 0.3) is 0 Å². The monoisotopic (exact) mass is 464 g/mol. The lowest BCUT2D eigenvalue weighted by molar-refractivity contribution is -0.201. The maximum absolute atomic E-state index is 12.8. The van der Waals surface area contributed by atoms with E-state index >= 15 is 0 Å². The molecule has 32 heavy (non-hydrogen) atoms. The first-order valence-corrected chi connectivity index (χ1v) is 12.3. The topological polar surface area (TPSA) is 111 Å². The molecule has 10 heteroatoms. The van der Waals surface area contributed by atoms with Crippen LogP contribution in [0.3, 0.4) is 0 Å². The van der Waals surface area contributed by atoms with Crippen molar-refractivity contribution in [1.82, 2.24) is 5.48 Å². The Morgan fingerprint density at radius 2 is 2.03 bits per heavy atom. The molecule has 1 aromatic rings. The van der Waals surface area contributed by atoms with Gasteiger partial charge in [-0.3, -0.25) is 9.69 Å². The van der Waals surface area contributed by atoms with E-state index in [1.807, 2.05) is 0 Å². The Hall–Kier alpha value is -2.61. The molecule has 174 valence electrons. The van der Waals surface area contributed by atoms with Crippen molar-refractivity contribution in [3.05, 3.63) is 29.8 Å². The summed E-state index contributed by atoms with van der Waals surface area (Å²) in [6.07, 6.45) is 1.16. The van der Waals surface area contributed by atoms with Crippen molar-refractivity contribution in [1.29, 1.82) is 0 Å². The smallest absolute Gasteiger partial charge is 0.414 e. The van der Waals surface area contributed by atoms with Gasteiger partial charge in [-0.05, 0) is 51.0 Å². The molecule has 2 heterocycles. The fourth-order valence-electron chi connectivity index (χ4n) is 3.59. The minimum Gasteiger partial charge on any atom is -0.444 e. The molecule has 9 nitrogen and oxygen atoms in total. The first kappa shape index (κ1) is 24.0. The molecule has 2 fully saturated rings. The molecule has 0 saturated carbocycles. The number of ether oxygens (including phenoxy) is 2. The van der Waals surface area contributed by atoms with Gasteiger partial charge in [0.15, 0.2) is 20.9 Å². The Morgan fingerprint density at radius 3 is 2.62 bits per heavy atom. The molecule has 2 aliphatic rings. The molecule has 3 atom stereocenters. The maximum Gasteiger partial charge on any atom is 0.414 e. The van der Waals surface area contributed by atoms with Crippen LogP contribution in [0.15, 0.2) is 24.3 Å². The molecule has 1 aromatic carbocycles. The van der Waals surface area contributed by atoms with E-state index in [4.69, 9.17) is 14.3 Å². The van der Waals surface area contributed by atoms with Crippen molar-refractivity contribution >= 4 is 27.5 Å². The third-order valence-corrected chi connectivity index (χ3v) is 7.65. The van der Waals surface area contributed by atoms with Crippen LogP contribution >= 0.6 is 0 Å². The highest BCUT2D eigenvalue weighted by Crippen LogP contribution is 2.30. The van der Waals surface area contributed by atoms with Gasteiger partial charge in [-0.2, -0.15) is 0 Å². The largest absolute Gasteiger partial charge is 0.444 e. The Bertz CT molecular complexity index is 1010. The van der Waals surface area contributed by atoms with E-state index in [1.165, 1.54) is 11.8 Å². The van der Waals surface area contributed by atoms with Crippen molar-refractivity contribution in [3.63, 3.8) is 0 Å². The number of carbonyl (C=O) groups is 2. The lowest BCUT2D eigenvalue weighted by Crippen LogP contribution is -2.53. The molecule has 3 unspecified atom stereocenters. The zero-order valence-corrected chi connectivity index (χ0v) is 19.2. The van der Waals surface area contributed by atoms with Gasteiger partial charge in [-0.1, -0.05) is 5.92 Å². The fourth-order valence-corrected chi connectivity index (χ4v) is 4.45. The molecule has 0 aliphatic carbocycles. The lowest BCUT2D eigenvalue weighted by atomic mass is 10.0. The van der Waals surface area contributed by atoms with Crippen LogP contribution in [0.2, 0.25) is 0 Å². The Labute approximate surface area is 188 Å². The number of cyclic esters (lactones) is 1. The average molecular weight is 465 g/mol. The summed E-state index contributed by atoms with van der Waals surface area (Å²) in [5.41, 5.74) is 3.64. The summed E-state index contributed by atoms with van der Waals surface area (Å²) in [4.78, 5) is 31.9. The second-order valence-corrected chi connectivity index (χ2v) is 10.5. The van der Waals surface area contributed by atoms with Gasteiger partial charge in [0.25, 0.3) is 5.91 Å². The molecule has 2 aliphatic heterocycles. The summed E-state index contributed by atoms with van der Waals surface area (Å²) in [6.45, 7) is 3.67. The molecule has 0 aromatic heterocycles. The van der Waals surface area contributed by atoms with E-state index in [0.29, 0.717) is 18.7 Å². The normalized spacial score (nSPS) is 23.0. The Balaban J connectivity index is 1.69. The van der Waals surface area contributed by atoms with Crippen LogP contribution in [-0.2, 0) is 28.9 Å². The zero-order valence-electron chi connectivity index (χ0n) is 18.4. The van der Waals surface area contributed by atoms with Crippen LogP contribution in [0, 0.1) is 11.8 Å². The van der Waals surface area contributed by atoms with E-state index in [0.717, 1.165) is 24.7 Å². The third kappa shape index (κ3) is 5.41. The molecule has 0 radical (unpaired) electrons. The number of sulfone groups is 1. The third-order valence-electron chi connectivity index (χ3n) is 5.66. The standard InChI is InChI=1S/C22H28N2O7S/c1-4-7-16-9-11-17(12-10-16)24-15-18(30-21(24)26)14-22(2,32(3,27)28)20(25)23-31-19-8-5-6-13-29-19/h9-12,18-19H,5-6,8,13-15H2,1-3H3,(H,23,25). The predicted molar refractivity (Wildman–Crippen MR) is 117 cm³/mol. The molecule has 0 bridgehead atoms. The van der Waals surface area contributed by atoms with Crippen molar-refractivity contribution < 1.29 is 32.3 Å². The van der Waals surface area contributed by atoms with Gasteiger partial charge in [0.2, 0.25) is 0 Å². The van der Waals surface area contributed by atoms with Crippen molar-refractivity contribution in [3.8, 4) is 11.8 Å². The Kier molecular flexibility index (Phi) is 7.44. The Morgan fingerprint density at radius 1 is 1.31 bits per heavy atom. The molecule has 1 N–H and O–H groups in total. The summed E-state index contributed by atoms with van der Waals surface area (Å²) in [5, 5.41) is 0. The van der Waals surface area contributed by atoms with Gasteiger partial charge in [-0.15, -0.1) is 5.92 Å². The molecule has 2 amide bonds. The van der Waals surface area contributed by atoms with Gasteiger partial charge in [0.05, 0.1) is 6.54 Å². The number of anilines is 1. The van der Waals surface area contributed by atoms with Crippen LogP contribution < -0.4 is 10.4 Å².